The highest BCUT2D eigenvalue weighted by molar-refractivity contribution is 5.77. The van der Waals surface area contributed by atoms with Crippen molar-refractivity contribution in [2.24, 2.45) is 0 Å². The highest BCUT2D eigenvalue weighted by Crippen LogP contribution is 2.19. The minimum atomic E-state index is 0.176. The fourth-order valence-corrected chi connectivity index (χ4v) is 3.00. The third-order valence-electron chi connectivity index (χ3n) is 4.13. The van der Waals surface area contributed by atoms with Crippen molar-refractivity contribution in [2.75, 3.05) is 26.3 Å². The lowest BCUT2D eigenvalue weighted by Gasteiger charge is -2.27. The molecule has 1 unspecified atom stereocenters. The van der Waals surface area contributed by atoms with E-state index in [4.69, 9.17) is 4.74 Å². The topological polar surface area (TPSA) is 41.6 Å². The molecule has 0 radical (unpaired) electrons. The van der Waals surface area contributed by atoms with E-state index < -0.39 is 0 Å². The van der Waals surface area contributed by atoms with E-state index in [1.807, 2.05) is 4.90 Å². The number of aryl methyl sites for hydroxylation is 1. The second-order valence-electron chi connectivity index (χ2n) is 5.62. The van der Waals surface area contributed by atoms with Gasteiger partial charge in [-0.2, -0.15) is 0 Å². The van der Waals surface area contributed by atoms with E-state index in [0.717, 1.165) is 39.1 Å². The molecule has 2 heterocycles. The molecule has 1 saturated heterocycles. The van der Waals surface area contributed by atoms with Crippen molar-refractivity contribution in [2.45, 2.75) is 31.8 Å². The molecule has 20 heavy (non-hydrogen) atoms. The van der Waals surface area contributed by atoms with Crippen molar-refractivity contribution in [1.29, 1.82) is 0 Å². The minimum Gasteiger partial charge on any atom is -0.378 e. The molecule has 0 bridgehead atoms. The Balaban J connectivity index is 1.63. The number of rotatable bonds is 2. The lowest BCUT2D eigenvalue weighted by molar-refractivity contribution is -0.133. The van der Waals surface area contributed by atoms with Crippen molar-refractivity contribution in [3.05, 3.63) is 35.4 Å². The van der Waals surface area contributed by atoms with Crippen LogP contribution in [0.15, 0.2) is 24.3 Å². The fourth-order valence-electron chi connectivity index (χ4n) is 3.00. The molecule has 4 nitrogen and oxygen atoms in total. The number of hydrogen-bond acceptors (Lipinski definition) is 3. The highest BCUT2D eigenvalue weighted by atomic mass is 16.5. The van der Waals surface area contributed by atoms with Crippen LogP contribution in [-0.2, 0) is 22.5 Å². The zero-order valence-corrected chi connectivity index (χ0v) is 11.8. The number of amides is 1. The second-order valence-corrected chi connectivity index (χ2v) is 5.62. The molecule has 1 aromatic rings. The standard InChI is InChI=1S/C16H22N2O2/c19-16(10-15-12-20-9-7-17-15)18-8-3-6-13-4-1-2-5-14(13)11-18/h1-2,4-5,15,17H,3,6-12H2. The molecule has 3 rings (SSSR count). The van der Waals surface area contributed by atoms with E-state index in [1.165, 1.54) is 11.1 Å². The maximum atomic E-state index is 12.5. The predicted octanol–water partition coefficient (Wildman–Crippen LogP) is 1.34. The normalized spacial score (nSPS) is 23.0. The van der Waals surface area contributed by atoms with Crippen LogP contribution >= 0.6 is 0 Å². The summed E-state index contributed by atoms with van der Waals surface area (Å²) in [6, 6.07) is 8.64. The first-order chi connectivity index (χ1) is 9.83. The third-order valence-corrected chi connectivity index (χ3v) is 4.13. The first-order valence-corrected chi connectivity index (χ1v) is 7.48. The van der Waals surface area contributed by atoms with Gasteiger partial charge in [-0.05, 0) is 24.0 Å². The number of carbonyl (C=O) groups is 1. The van der Waals surface area contributed by atoms with E-state index in [9.17, 15) is 4.79 Å². The molecule has 108 valence electrons. The van der Waals surface area contributed by atoms with E-state index in [1.54, 1.807) is 0 Å². The van der Waals surface area contributed by atoms with Gasteiger partial charge in [0.25, 0.3) is 0 Å². The summed E-state index contributed by atoms with van der Waals surface area (Å²) >= 11 is 0. The number of ether oxygens (including phenoxy) is 1. The Bertz CT molecular complexity index is 469. The van der Waals surface area contributed by atoms with Crippen LogP contribution in [0.3, 0.4) is 0 Å². The van der Waals surface area contributed by atoms with Crippen LogP contribution in [0.2, 0.25) is 0 Å². The average molecular weight is 274 g/mol. The SMILES string of the molecule is O=C(CC1COCCN1)N1CCCc2ccccc2C1. The quantitative estimate of drug-likeness (QED) is 0.885. The summed E-state index contributed by atoms with van der Waals surface area (Å²) < 4.78 is 5.42. The lowest BCUT2D eigenvalue weighted by Crippen LogP contribution is -2.45. The van der Waals surface area contributed by atoms with Crippen molar-refractivity contribution in [1.82, 2.24) is 10.2 Å². The van der Waals surface area contributed by atoms with Gasteiger partial charge < -0.3 is 15.0 Å². The van der Waals surface area contributed by atoms with Crippen LogP contribution in [0.5, 0.6) is 0 Å². The molecule has 4 heteroatoms. The summed E-state index contributed by atoms with van der Waals surface area (Å²) in [5, 5.41) is 3.35. The minimum absolute atomic E-state index is 0.176. The molecule has 1 atom stereocenters. The maximum Gasteiger partial charge on any atom is 0.224 e. The number of fused-ring (bicyclic) bond motifs is 1. The Labute approximate surface area is 120 Å². The van der Waals surface area contributed by atoms with E-state index in [0.29, 0.717) is 13.0 Å². The van der Waals surface area contributed by atoms with Gasteiger partial charge in [0.05, 0.1) is 13.2 Å². The molecular formula is C16H22N2O2. The van der Waals surface area contributed by atoms with Crippen molar-refractivity contribution in [3.8, 4) is 0 Å². The van der Waals surface area contributed by atoms with Crippen molar-refractivity contribution >= 4 is 5.91 Å². The summed E-state index contributed by atoms with van der Waals surface area (Å²) in [7, 11) is 0. The molecule has 0 aliphatic carbocycles. The van der Waals surface area contributed by atoms with Crippen LogP contribution in [0.1, 0.15) is 24.0 Å². The van der Waals surface area contributed by atoms with Crippen LogP contribution in [0.4, 0.5) is 0 Å². The highest BCUT2D eigenvalue weighted by Gasteiger charge is 2.23. The van der Waals surface area contributed by atoms with Gasteiger partial charge in [0.1, 0.15) is 0 Å². The maximum absolute atomic E-state index is 12.5. The lowest BCUT2D eigenvalue weighted by atomic mass is 10.0. The smallest absolute Gasteiger partial charge is 0.224 e. The van der Waals surface area contributed by atoms with Crippen LogP contribution in [0, 0.1) is 0 Å². The van der Waals surface area contributed by atoms with Gasteiger partial charge in [0, 0.05) is 32.1 Å². The monoisotopic (exact) mass is 274 g/mol. The molecule has 0 spiro atoms. The first kappa shape index (κ1) is 13.6. The zero-order valence-electron chi connectivity index (χ0n) is 11.8. The number of carbonyl (C=O) groups excluding carboxylic acids is 1. The summed E-state index contributed by atoms with van der Waals surface area (Å²) in [6.07, 6.45) is 2.67. The fraction of sp³-hybridized carbons (Fsp3) is 0.562. The van der Waals surface area contributed by atoms with Gasteiger partial charge in [-0.25, -0.2) is 0 Å². The van der Waals surface area contributed by atoms with E-state index in [-0.39, 0.29) is 11.9 Å². The Kier molecular flexibility index (Phi) is 4.33. The molecule has 2 aliphatic rings. The van der Waals surface area contributed by atoms with Gasteiger partial charge in [-0.3, -0.25) is 4.79 Å². The number of hydrogen-bond donors (Lipinski definition) is 1. The van der Waals surface area contributed by atoms with Gasteiger partial charge in [-0.1, -0.05) is 24.3 Å². The largest absolute Gasteiger partial charge is 0.378 e. The number of nitrogens with one attached hydrogen (secondary N) is 1. The molecule has 1 N–H and O–H groups in total. The number of morpholine rings is 1. The Hall–Kier alpha value is -1.39. The van der Waals surface area contributed by atoms with Gasteiger partial charge in [-0.15, -0.1) is 0 Å². The van der Waals surface area contributed by atoms with Gasteiger partial charge >= 0.3 is 0 Å². The zero-order chi connectivity index (χ0) is 13.8. The van der Waals surface area contributed by atoms with Crippen molar-refractivity contribution < 1.29 is 9.53 Å². The van der Waals surface area contributed by atoms with Crippen molar-refractivity contribution in [3.63, 3.8) is 0 Å². The Morgan fingerprint density at radius 3 is 3.00 bits per heavy atom. The Morgan fingerprint density at radius 2 is 2.20 bits per heavy atom. The molecule has 0 aromatic heterocycles. The van der Waals surface area contributed by atoms with Gasteiger partial charge in [0.15, 0.2) is 0 Å². The molecule has 2 aliphatic heterocycles. The predicted molar refractivity (Wildman–Crippen MR) is 77.4 cm³/mol. The number of benzene rings is 1. The van der Waals surface area contributed by atoms with Crippen LogP contribution in [0.25, 0.3) is 0 Å². The van der Waals surface area contributed by atoms with Gasteiger partial charge in [0.2, 0.25) is 5.91 Å². The molecular weight excluding hydrogens is 252 g/mol. The summed E-state index contributed by atoms with van der Waals surface area (Å²) in [6.45, 7) is 3.86. The van der Waals surface area contributed by atoms with Crippen LogP contribution < -0.4 is 5.32 Å². The van der Waals surface area contributed by atoms with E-state index >= 15 is 0 Å². The second kappa shape index (κ2) is 6.37. The summed E-state index contributed by atoms with van der Waals surface area (Å²) in [5.74, 6) is 0.240. The van der Waals surface area contributed by atoms with E-state index in [2.05, 4.69) is 29.6 Å². The van der Waals surface area contributed by atoms with Crippen LogP contribution in [-0.4, -0.2) is 43.2 Å². The summed E-state index contributed by atoms with van der Waals surface area (Å²) in [4.78, 5) is 14.5. The molecule has 1 aromatic carbocycles. The molecule has 0 saturated carbocycles. The first-order valence-electron chi connectivity index (χ1n) is 7.48. The molecule has 1 amide bonds. The third kappa shape index (κ3) is 3.19. The summed E-state index contributed by atoms with van der Waals surface area (Å²) in [5.41, 5.74) is 2.69. The molecule has 1 fully saturated rings. The average Bonchev–Trinajstić information content (AvgIpc) is 2.70. The number of nitrogens with zero attached hydrogens (tertiary/aromatic N) is 1. The Morgan fingerprint density at radius 1 is 1.35 bits per heavy atom.